The van der Waals surface area contributed by atoms with Gasteiger partial charge in [-0.1, -0.05) is 40.9 Å². The van der Waals surface area contributed by atoms with Crippen LogP contribution in [0.4, 0.5) is 0 Å². The van der Waals surface area contributed by atoms with Crippen molar-refractivity contribution in [3.8, 4) is 0 Å². The van der Waals surface area contributed by atoms with Crippen LogP contribution in [-0.4, -0.2) is 18.4 Å². The lowest BCUT2D eigenvalue weighted by Crippen LogP contribution is -2.15. The summed E-state index contributed by atoms with van der Waals surface area (Å²) in [6, 6.07) is 10.9. The quantitative estimate of drug-likeness (QED) is 0.597. The molecule has 0 bridgehead atoms. The molecule has 0 radical (unpaired) electrons. The molecule has 0 heterocycles. The second-order valence-corrected chi connectivity index (χ2v) is 5.35. The third-order valence-electron chi connectivity index (χ3n) is 2.67. The van der Waals surface area contributed by atoms with E-state index in [0.29, 0.717) is 10.6 Å². The van der Waals surface area contributed by atoms with Crippen molar-refractivity contribution in [1.29, 1.82) is 0 Å². The Balaban J connectivity index is 2.04. The molecule has 108 valence electrons. The fourth-order valence-corrected chi connectivity index (χ4v) is 2.29. The molecule has 0 amide bonds. The fourth-order valence-electron chi connectivity index (χ4n) is 1.62. The first kappa shape index (κ1) is 15.8. The Morgan fingerprint density at radius 1 is 0.905 bits per heavy atom. The summed E-state index contributed by atoms with van der Waals surface area (Å²) in [6.45, 7) is -0.401. The van der Waals surface area contributed by atoms with Gasteiger partial charge in [0.15, 0.2) is 12.4 Å². The molecule has 0 saturated heterocycles. The van der Waals surface area contributed by atoms with Crippen molar-refractivity contribution in [2.45, 2.75) is 0 Å². The molecule has 0 aliphatic rings. The van der Waals surface area contributed by atoms with Crippen LogP contribution in [0.5, 0.6) is 0 Å². The second kappa shape index (κ2) is 6.94. The lowest BCUT2D eigenvalue weighted by molar-refractivity contribution is 0.0475. The van der Waals surface area contributed by atoms with E-state index in [1.54, 1.807) is 30.3 Å². The number of hydrogen-bond acceptors (Lipinski definition) is 3. The molecule has 0 fully saturated rings. The smallest absolute Gasteiger partial charge is 0.341 e. The van der Waals surface area contributed by atoms with Crippen LogP contribution < -0.4 is 0 Å². The zero-order valence-corrected chi connectivity index (χ0v) is 12.9. The molecule has 2 aromatic rings. The van der Waals surface area contributed by atoms with Crippen LogP contribution in [0.1, 0.15) is 20.7 Å². The molecule has 0 spiro atoms. The summed E-state index contributed by atoms with van der Waals surface area (Å²) >= 11 is 17.5. The first-order valence-electron chi connectivity index (χ1n) is 5.89. The number of halogens is 3. The molecule has 3 nitrogen and oxygen atoms in total. The Morgan fingerprint density at radius 2 is 1.48 bits per heavy atom. The lowest BCUT2D eigenvalue weighted by atomic mass is 10.1. The molecule has 2 rings (SSSR count). The van der Waals surface area contributed by atoms with Crippen LogP contribution >= 0.6 is 34.8 Å². The molecule has 0 atom stereocenters. The van der Waals surface area contributed by atoms with E-state index >= 15 is 0 Å². The maximum Gasteiger partial charge on any atom is 0.341 e. The van der Waals surface area contributed by atoms with Gasteiger partial charge in [-0.15, -0.1) is 0 Å². The van der Waals surface area contributed by atoms with Crippen LogP contribution in [0.2, 0.25) is 15.1 Å². The summed E-state index contributed by atoms with van der Waals surface area (Å²) in [5.74, 6) is -1.09. The number of hydrogen-bond donors (Lipinski definition) is 0. The predicted molar refractivity (Wildman–Crippen MR) is 82.5 cm³/mol. The zero-order chi connectivity index (χ0) is 15.4. The first-order valence-corrected chi connectivity index (χ1v) is 7.02. The average molecular weight is 344 g/mol. The van der Waals surface area contributed by atoms with Crippen molar-refractivity contribution < 1.29 is 14.3 Å². The number of rotatable bonds is 4. The molecule has 0 aliphatic heterocycles. The van der Waals surface area contributed by atoms with Gasteiger partial charge in [-0.25, -0.2) is 4.79 Å². The minimum atomic E-state index is -0.743. The minimum absolute atomic E-state index is 0.0461. The molecule has 21 heavy (non-hydrogen) atoms. The Bertz CT molecular complexity index is 661. The predicted octanol–water partition coefficient (Wildman–Crippen LogP) is 4.69. The van der Waals surface area contributed by atoms with Gasteiger partial charge < -0.3 is 4.74 Å². The van der Waals surface area contributed by atoms with Gasteiger partial charge in [-0.2, -0.15) is 0 Å². The topological polar surface area (TPSA) is 43.4 Å². The maximum absolute atomic E-state index is 11.9. The van der Waals surface area contributed by atoms with Gasteiger partial charge in [-0.3, -0.25) is 4.79 Å². The van der Waals surface area contributed by atoms with Crippen molar-refractivity contribution in [3.05, 3.63) is 68.7 Å². The summed E-state index contributed by atoms with van der Waals surface area (Å²) in [4.78, 5) is 23.8. The highest BCUT2D eigenvalue weighted by Crippen LogP contribution is 2.25. The molecule has 0 saturated carbocycles. The Kier molecular flexibility index (Phi) is 5.23. The van der Waals surface area contributed by atoms with Crippen LogP contribution in [0, 0.1) is 0 Å². The molecule has 2 aromatic carbocycles. The van der Waals surface area contributed by atoms with Gasteiger partial charge in [0.1, 0.15) is 0 Å². The van der Waals surface area contributed by atoms with Crippen LogP contribution in [0.3, 0.4) is 0 Å². The van der Waals surface area contributed by atoms with Crippen molar-refractivity contribution in [2.75, 3.05) is 6.61 Å². The molecule has 0 aromatic heterocycles. The largest absolute Gasteiger partial charge is 0.454 e. The molecular weight excluding hydrogens is 335 g/mol. The molecular formula is C15H9Cl3O3. The second-order valence-electron chi connectivity index (χ2n) is 4.10. The maximum atomic E-state index is 11.9. The number of esters is 1. The average Bonchev–Trinajstić information content (AvgIpc) is 2.45. The molecule has 0 unspecified atom stereocenters. The fraction of sp³-hybridized carbons (Fsp3) is 0.0667. The van der Waals surface area contributed by atoms with E-state index in [4.69, 9.17) is 39.5 Å². The van der Waals surface area contributed by atoms with Gasteiger partial charge in [0.2, 0.25) is 0 Å². The highest BCUT2D eigenvalue weighted by molar-refractivity contribution is 6.39. The van der Waals surface area contributed by atoms with E-state index in [-0.39, 0.29) is 21.4 Å². The number of Topliss-reactive ketones (excluding diaryl/α,β-unsaturated/α-hetero) is 1. The third kappa shape index (κ3) is 3.97. The molecule has 0 N–H and O–H groups in total. The van der Waals surface area contributed by atoms with Gasteiger partial charge in [0, 0.05) is 10.6 Å². The monoisotopic (exact) mass is 342 g/mol. The number of ether oxygens (including phenoxy) is 1. The summed E-state index contributed by atoms with van der Waals surface area (Å²) in [7, 11) is 0. The highest BCUT2D eigenvalue weighted by Gasteiger charge is 2.17. The van der Waals surface area contributed by atoms with Crippen LogP contribution in [0.25, 0.3) is 0 Å². The van der Waals surface area contributed by atoms with E-state index in [9.17, 15) is 9.59 Å². The van der Waals surface area contributed by atoms with Crippen molar-refractivity contribution in [1.82, 2.24) is 0 Å². The number of carbonyl (C=O) groups is 2. The van der Waals surface area contributed by atoms with Gasteiger partial charge >= 0.3 is 5.97 Å². The van der Waals surface area contributed by atoms with E-state index in [0.717, 1.165) is 0 Å². The van der Waals surface area contributed by atoms with Crippen LogP contribution in [0.15, 0.2) is 42.5 Å². The zero-order valence-electron chi connectivity index (χ0n) is 10.6. The Labute approximate surface area is 136 Å². The van der Waals surface area contributed by atoms with E-state index in [1.165, 1.54) is 12.1 Å². The summed E-state index contributed by atoms with van der Waals surface area (Å²) in [5, 5.41) is 0.865. The van der Waals surface area contributed by atoms with Gasteiger partial charge in [-0.05, 0) is 36.4 Å². The highest BCUT2D eigenvalue weighted by atomic mass is 35.5. The first-order chi connectivity index (χ1) is 9.99. The van der Waals surface area contributed by atoms with Gasteiger partial charge in [0.25, 0.3) is 0 Å². The molecule has 6 heteroatoms. The van der Waals surface area contributed by atoms with E-state index < -0.39 is 12.6 Å². The van der Waals surface area contributed by atoms with Crippen molar-refractivity contribution in [2.24, 2.45) is 0 Å². The summed E-state index contributed by atoms with van der Waals surface area (Å²) in [6.07, 6.45) is 0. The van der Waals surface area contributed by atoms with Crippen LogP contribution in [-0.2, 0) is 4.74 Å². The Morgan fingerprint density at radius 3 is 2.05 bits per heavy atom. The standard InChI is InChI=1S/C15H9Cl3O3/c16-10-6-4-9(5-7-10)13(19)8-21-15(20)14-11(17)2-1-3-12(14)18/h1-7H,8H2. The van der Waals surface area contributed by atoms with E-state index in [1.807, 2.05) is 0 Å². The third-order valence-corrected chi connectivity index (χ3v) is 3.55. The van der Waals surface area contributed by atoms with Gasteiger partial charge in [0.05, 0.1) is 15.6 Å². The SMILES string of the molecule is O=C(COC(=O)c1c(Cl)cccc1Cl)c1ccc(Cl)cc1. The lowest BCUT2D eigenvalue weighted by Gasteiger charge is -2.07. The van der Waals surface area contributed by atoms with Crippen molar-refractivity contribution in [3.63, 3.8) is 0 Å². The minimum Gasteiger partial charge on any atom is -0.454 e. The molecule has 0 aliphatic carbocycles. The Hall–Kier alpha value is -1.55. The number of benzene rings is 2. The normalized spacial score (nSPS) is 10.2. The van der Waals surface area contributed by atoms with E-state index in [2.05, 4.69) is 0 Å². The number of ketones is 1. The van der Waals surface area contributed by atoms with Crippen molar-refractivity contribution >= 4 is 46.6 Å². The summed E-state index contributed by atoms with van der Waals surface area (Å²) in [5.41, 5.74) is 0.446. The number of carbonyl (C=O) groups excluding carboxylic acids is 2. The summed E-state index contributed by atoms with van der Waals surface area (Å²) < 4.78 is 4.95.